The second kappa shape index (κ2) is 5.12. The molecule has 0 heterocycles. The van der Waals surface area contributed by atoms with Crippen LogP contribution in [0.4, 0.5) is 0 Å². The second-order valence-electron chi connectivity index (χ2n) is 4.25. The monoisotopic (exact) mass is 219 g/mol. The summed E-state index contributed by atoms with van der Waals surface area (Å²) in [7, 11) is -2.96. The molecule has 0 aromatic heterocycles. The van der Waals surface area contributed by atoms with Crippen molar-refractivity contribution in [1.29, 1.82) is 0 Å². The highest BCUT2D eigenvalue weighted by Crippen LogP contribution is 2.25. The first kappa shape index (κ1) is 12.0. The lowest BCUT2D eigenvalue weighted by molar-refractivity contribution is 0.551. The normalized spacial score (nSPS) is 23.0. The molecule has 0 saturated heterocycles. The van der Waals surface area contributed by atoms with E-state index < -0.39 is 9.84 Å². The van der Waals surface area contributed by atoms with Gasteiger partial charge < -0.3 is 5.73 Å². The Morgan fingerprint density at radius 2 is 1.71 bits per heavy atom. The summed E-state index contributed by atoms with van der Waals surface area (Å²) >= 11 is 0. The fourth-order valence-electron chi connectivity index (χ4n) is 2.03. The third-order valence-electron chi connectivity index (χ3n) is 3.16. The molecule has 3 nitrogen and oxygen atoms in total. The van der Waals surface area contributed by atoms with Gasteiger partial charge in [0, 0.05) is 6.54 Å². The van der Waals surface area contributed by atoms with E-state index in [4.69, 9.17) is 5.73 Å². The molecule has 84 valence electrons. The predicted molar refractivity (Wildman–Crippen MR) is 58.9 cm³/mol. The second-order valence-corrected chi connectivity index (χ2v) is 6.90. The molecule has 2 N–H and O–H groups in total. The predicted octanol–water partition coefficient (Wildman–Crippen LogP) is 1.47. The minimum absolute atomic E-state index is 0.122. The Bertz CT molecular complexity index is 253. The van der Waals surface area contributed by atoms with E-state index >= 15 is 0 Å². The zero-order valence-corrected chi connectivity index (χ0v) is 9.72. The van der Waals surface area contributed by atoms with Gasteiger partial charge in [-0.3, -0.25) is 0 Å². The lowest BCUT2D eigenvalue weighted by atomic mass is 10.2. The Morgan fingerprint density at radius 1 is 1.21 bits per heavy atom. The Kier molecular flexibility index (Phi) is 4.38. The maximum absolute atomic E-state index is 12.0. The van der Waals surface area contributed by atoms with Crippen molar-refractivity contribution in [2.75, 3.05) is 6.54 Å². The van der Waals surface area contributed by atoms with Gasteiger partial charge in [-0.25, -0.2) is 8.42 Å². The molecule has 1 atom stereocenters. The van der Waals surface area contributed by atoms with Crippen LogP contribution in [0.25, 0.3) is 0 Å². The molecular formula is C10H21NO2S. The highest BCUT2D eigenvalue weighted by atomic mass is 32.2. The van der Waals surface area contributed by atoms with Crippen molar-refractivity contribution in [1.82, 2.24) is 0 Å². The van der Waals surface area contributed by atoms with Crippen LogP contribution in [0.2, 0.25) is 0 Å². The van der Waals surface area contributed by atoms with Crippen LogP contribution in [0.5, 0.6) is 0 Å². The molecule has 0 aliphatic heterocycles. The van der Waals surface area contributed by atoms with Crippen molar-refractivity contribution >= 4 is 9.84 Å². The summed E-state index contributed by atoms with van der Waals surface area (Å²) in [5.74, 6) is 0. The van der Waals surface area contributed by atoms with Gasteiger partial charge in [-0.05, 0) is 19.8 Å². The lowest BCUT2D eigenvalue weighted by Crippen LogP contribution is -2.34. The Hall–Kier alpha value is -0.0900. The lowest BCUT2D eigenvalue weighted by Gasteiger charge is -2.19. The van der Waals surface area contributed by atoms with Gasteiger partial charge in [0.05, 0.1) is 10.5 Å². The van der Waals surface area contributed by atoms with Gasteiger partial charge in [0.15, 0.2) is 9.84 Å². The smallest absolute Gasteiger partial charge is 0.156 e. The van der Waals surface area contributed by atoms with Crippen LogP contribution in [0.3, 0.4) is 0 Å². The number of sulfone groups is 1. The molecular weight excluding hydrogens is 198 g/mol. The van der Waals surface area contributed by atoms with E-state index in [9.17, 15) is 8.42 Å². The molecule has 1 fully saturated rings. The van der Waals surface area contributed by atoms with Gasteiger partial charge in [-0.2, -0.15) is 0 Å². The first-order valence-electron chi connectivity index (χ1n) is 5.52. The molecule has 1 unspecified atom stereocenters. The zero-order valence-electron chi connectivity index (χ0n) is 8.91. The van der Waals surface area contributed by atoms with Crippen molar-refractivity contribution in [3.8, 4) is 0 Å². The summed E-state index contributed by atoms with van der Waals surface area (Å²) in [6, 6.07) is 0. The van der Waals surface area contributed by atoms with E-state index in [1.54, 1.807) is 6.92 Å². The molecule has 0 amide bonds. The zero-order chi connectivity index (χ0) is 10.6. The van der Waals surface area contributed by atoms with Gasteiger partial charge in [-0.1, -0.05) is 25.7 Å². The van der Waals surface area contributed by atoms with Gasteiger partial charge in [0.1, 0.15) is 0 Å². The Balaban J connectivity index is 2.69. The van der Waals surface area contributed by atoms with Gasteiger partial charge in [-0.15, -0.1) is 0 Å². The molecule has 14 heavy (non-hydrogen) atoms. The third kappa shape index (κ3) is 2.70. The van der Waals surface area contributed by atoms with E-state index in [0.29, 0.717) is 0 Å². The van der Waals surface area contributed by atoms with Crippen LogP contribution in [-0.2, 0) is 9.84 Å². The summed E-state index contributed by atoms with van der Waals surface area (Å²) in [6.07, 6.45) is 6.16. The van der Waals surface area contributed by atoms with Gasteiger partial charge >= 0.3 is 0 Å². The molecule has 0 bridgehead atoms. The number of hydrogen-bond donors (Lipinski definition) is 1. The minimum Gasteiger partial charge on any atom is -0.329 e. The molecule has 0 spiro atoms. The first-order chi connectivity index (χ1) is 6.59. The van der Waals surface area contributed by atoms with E-state index in [1.807, 2.05) is 0 Å². The summed E-state index contributed by atoms with van der Waals surface area (Å²) in [5.41, 5.74) is 5.42. The molecule has 0 aromatic rings. The molecule has 0 aromatic carbocycles. The minimum atomic E-state index is -2.96. The van der Waals surface area contributed by atoms with Crippen molar-refractivity contribution in [2.24, 2.45) is 5.73 Å². The summed E-state index contributed by atoms with van der Waals surface area (Å²) < 4.78 is 24.0. The Morgan fingerprint density at radius 3 is 2.14 bits per heavy atom. The van der Waals surface area contributed by atoms with Crippen molar-refractivity contribution in [3.05, 3.63) is 0 Å². The Labute approximate surface area is 87.0 Å². The maximum Gasteiger partial charge on any atom is 0.156 e. The van der Waals surface area contributed by atoms with Crippen molar-refractivity contribution in [2.45, 2.75) is 55.9 Å². The molecule has 0 radical (unpaired) electrons. The fourth-order valence-corrected chi connectivity index (χ4v) is 3.95. The highest BCUT2D eigenvalue weighted by Gasteiger charge is 2.30. The van der Waals surface area contributed by atoms with Crippen molar-refractivity contribution in [3.63, 3.8) is 0 Å². The van der Waals surface area contributed by atoms with Crippen molar-refractivity contribution < 1.29 is 8.42 Å². The van der Waals surface area contributed by atoms with Gasteiger partial charge in [0.2, 0.25) is 0 Å². The molecule has 1 rings (SSSR count). The largest absolute Gasteiger partial charge is 0.329 e. The first-order valence-corrected chi connectivity index (χ1v) is 7.12. The van der Waals surface area contributed by atoms with Crippen LogP contribution in [0.1, 0.15) is 45.4 Å². The topological polar surface area (TPSA) is 60.2 Å². The van der Waals surface area contributed by atoms with E-state index in [2.05, 4.69) is 0 Å². The average Bonchev–Trinajstić information content (AvgIpc) is 2.44. The SMILES string of the molecule is CC(CN)S(=O)(=O)C1CCCCCC1. The molecule has 1 aliphatic rings. The van der Waals surface area contributed by atoms with Crippen LogP contribution in [-0.4, -0.2) is 25.5 Å². The van der Waals surface area contributed by atoms with Gasteiger partial charge in [0.25, 0.3) is 0 Å². The quantitative estimate of drug-likeness (QED) is 0.731. The third-order valence-corrected chi connectivity index (χ3v) is 5.87. The summed E-state index contributed by atoms with van der Waals surface area (Å²) in [6.45, 7) is 1.97. The van der Waals surface area contributed by atoms with Crippen LogP contribution in [0.15, 0.2) is 0 Å². The maximum atomic E-state index is 12.0. The number of rotatable bonds is 3. The van der Waals surface area contributed by atoms with E-state index in [-0.39, 0.29) is 17.0 Å². The van der Waals surface area contributed by atoms with E-state index in [1.165, 1.54) is 12.8 Å². The number of hydrogen-bond acceptors (Lipinski definition) is 3. The standard InChI is InChI=1S/C10H21NO2S/c1-9(8-11)14(12,13)10-6-4-2-3-5-7-10/h9-10H,2-8,11H2,1H3. The van der Waals surface area contributed by atoms with Crippen LogP contribution < -0.4 is 5.73 Å². The molecule has 4 heteroatoms. The molecule has 1 aliphatic carbocycles. The highest BCUT2D eigenvalue weighted by molar-refractivity contribution is 7.92. The average molecular weight is 219 g/mol. The summed E-state index contributed by atoms with van der Waals surface area (Å²) in [4.78, 5) is 0. The van der Waals surface area contributed by atoms with Crippen LogP contribution in [0, 0.1) is 0 Å². The van der Waals surface area contributed by atoms with Crippen LogP contribution >= 0.6 is 0 Å². The fraction of sp³-hybridized carbons (Fsp3) is 1.00. The number of nitrogens with two attached hydrogens (primary N) is 1. The molecule has 1 saturated carbocycles. The summed E-state index contributed by atoms with van der Waals surface area (Å²) in [5, 5.41) is -0.492. The van der Waals surface area contributed by atoms with E-state index in [0.717, 1.165) is 25.7 Å².